The first-order chi connectivity index (χ1) is 8.52. The molecule has 0 aromatic heterocycles. The van der Waals surface area contributed by atoms with Gasteiger partial charge in [0.25, 0.3) is 0 Å². The second kappa shape index (κ2) is 5.96. The van der Waals surface area contributed by atoms with E-state index in [4.69, 9.17) is 5.73 Å². The highest BCUT2D eigenvalue weighted by Crippen LogP contribution is 2.30. The van der Waals surface area contributed by atoms with E-state index in [2.05, 4.69) is 0 Å². The Morgan fingerprint density at radius 3 is 2.33 bits per heavy atom. The summed E-state index contributed by atoms with van der Waals surface area (Å²) >= 11 is 0. The summed E-state index contributed by atoms with van der Waals surface area (Å²) in [6.45, 7) is 4.14. The number of hydrogen-bond acceptors (Lipinski definition) is 2. The molecule has 0 saturated heterocycles. The van der Waals surface area contributed by atoms with Gasteiger partial charge in [0.15, 0.2) is 0 Å². The molecule has 3 nitrogen and oxygen atoms in total. The van der Waals surface area contributed by atoms with Gasteiger partial charge in [0, 0.05) is 13.6 Å². The van der Waals surface area contributed by atoms with Gasteiger partial charge in [0.1, 0.15) is 5.82 Å². The summed E-state index contributed by atoms with van der Waals surface area (Å²) in [4.78, 5) is 13.9. The molecule has 1 aromatic carbocycles. The van der Waals surface area contributed by atoms with Crippen molar-refractivity contribution in [3.05, 3.63) is 30.1 Å². The Bertz CT molecular complexity index is 408. The molecule has 0 aliphatic heterocycles. The van der Waals surface area contributed by atoms with E-state index in [1.165, 1.54) is 11.0 Å². The van der Waals surface area contributed by atoms with E-state index in [1.54, 1.807) is 25.2 Å². The molecule has 0 unspecified atom stereocenters. The molecule has 0 spiro atoms. The van der Waals surface area contributed by atoms with Crippen molar-refractivity contribution < 1.29 is 9.18 Å². The maximum atomic E-state index is 13.7. The van der Waals surface area contributed by atoms with E-state index in [1.807, 2.05) is 13.8 Å². The molecule has 0 radical (unpaired) electrons. The van der Waals surface area contributed by atoms with Crippen molar-refractivity contribution in [3.8, 4) is 0 Å². The van der Waals surface area contributed by atoms with E-state index >= 15 is 0 Å². The van der Waals surface area contributed by atoms with E-state index in [9.17, 15) is 9.18 Å². The number of benzene rings is 1. The van der Waals surface area contributed by atoms with Crippen LogP contribution in [0.2, 0.25) is 0 Å². The van der Waals surface area contributed by atoms with Crippen molar-refractivity contribution in [3.63, 3.8) is 0 Å². The fourth-order valence-electron chi connectivity index (χ4n) is 2.12. The van der Waals surface area contributed by atoms with Crippen LogP contribution in [0.15, 0.2) is 24.3 Å². The van der Waals surface area contributed by atoms with Gasteiger partial charge in [-0.25, -0.2) is 4.39 Å². The van der Waals surface area contributed by atoms with Crippen LogP contribution in [0.4, 0.5) is 10.1 Å². The van der Waals surface area contributed by atoms with Crippen molar-refractivity contribution in [2.24, 2.45) is 11.1 Å². The quantitative estimate of drug-likeness (QED) is 0.875. The fraction of sp³-hybridized carbons (Fsp3) is 0.500. The highest BCUT2D eigenvalue weighted by molar-refractivity contribution is 5.97. The van der Waals surface area contributed by atoms with Crippen LogP contribution < -0.4 is 10.6 Å². The Labute approximate surface area is 108 Å². The number of nitrogens with two attached hydrogens (primary N) is 1. The molecule has 2 N–H and O–H groups in total. The molecular weight excluding hydrogens is 231 g/mol. The summed E-state index contributed by atoms with van der Waals surface area (Å²) in [7, 11) is 1.59. The monoisotopic (exact) mass is 252 g/mol. The number of hydrogen-bond donors (Lipinski definition) is 1. The van der Waals surface area contributed by atoms with Gasteiger partial charge in [0.05, 0.1) is 11.1 Å². The molecule has 0 bridgehead atoms. The Balaban J connectivity index is 3.07. The topological polar surface area (TPSA) is 46.3 Å². The predicted molar refractivity (Wildman–Crippen MR) is 71.9 cm³/mol. The predicted octanol–water partition coefficient (Wildman–Crippen LogP) is 2.55. The minimum absolute atomic E-state index is 0.125. The lowest BCUT2D eigenvalue weighted by Crippen LogP contribution is -2.46. The van der Waals surface area contributed by atoms with Crippen LogP contribution in [0.5, 0.6) is 0 Å². The summed E-state index contributed by atoms with van der Waals surface area (Å²) in [5.74, 6) is -0.522. The van der Waals surface area contributed by atoms with Crippen LogP contribution in [-0.2, 0) is 4.79 Å². The molecule has 100 valence electrons. The first-order valence-electron chi connectivity index (χ1n) is 6.25. The number of carbonyl (C=O) groups excluding carboxylic acids is 1. The standard InChI is InChI=1S/C14H21FN2O/c1-4-14(5-2,10-16)13(18)17(3)12-9-7-6-8-11(12)15/h6-9H,4-5,10,16H2,1-3H3. The number of para-hydroxylation sites is 1. The van der Waals surface area contributed by atoms with Crippen LogP contribution in [-0.4, -0.2) is 19.5 Å². The van der Waals surface area contributed by atoms with Crippen LogP contribution in [0, 0.1) is 11.2 Å². The fourth-order valence-corrected chi connectivity index (χ4v) is 2.12. The number of halogens is 1. The average Bonchev–Trinajstić information content (AvgIpc) is 2.41. The van der Waals surface area contributed by atoms with Gasteiger partial charge in [-0.3, -0.25) is 4.79 Å². The second-order valence-corrected chi connectivity index (χ2v) is 4.51. The maximum absolute atomic E-state index is 13.7. The Kier molecular flexibility index (Phi) is 4.84. The van der Waals surface area contributed by atoms with E-state index in [0.717, 1.165) is 0 Å². The van der Waals surface area contributed by atoms with Crippen LogP contribution in [0.25, 0.3) is 0 Å². The molecule has 0 heterocycles. The average molecular weight is 252 g/mol. The first-order valence-corrected chi connectivity index (χ1v) is 6.25. The molecule has 18 heavy (non-hydrogen) atoms. The summed E-state index contributed by atoms with van der Waals surface area (Å²) in [5.41, 5.74) is 5.44. The highest BCUT2D eigenvalue weighted by atomic mass is 19.1. The molecule has 0 saturated carbocycles. The first kappa shape index (κ1) is 14.6. The van der Waals surface area contributed by atoms with Gasteiger partial charge in [-0.15, -0.1) is 0 Å². The van der Waals surface area contributed by atoms with E-state index in [0.29, 0.717) is 18.5 Å². The lowest BCUT2D eigenvalue weighted by molar-refractivity contribution is -0.127. The molecule has 1 aromatic rings. The minimum Gasteiger partial charge on any atom is -0.329 e. The zero-order valence-corrected chi connectivity index (χ0v) is 11.2. The summed E-state index contributed by atoms with van der Waals surface area (Å²) in [6.07, 6.45) is 1.30. The third kappa shape index (κ3) is 2.53. The molecule has 0 fully saturated rings. The van der Waals surface area contributed by atoms with Gasteiger partial charge in [-0.2, -0.15) is 0 Å². The zero-order valence-electron chi connectivity index (χ0n) is 11.2. The summed E-state index contributed by atoms with van der Waals surface area (Å²) in [5, 5.41) is 0. The Morgan fingerprint density at radius 1 is 1.33 bits per heavy atom. The Hall–Kier alpha value is -1.42. The number of anilines is 1. The zero-order chi connectivity index (χ0) is 13.8. The van der Waals surface area contributed by atoms with Gasteiger partial charge in [0.2, 0.25) is 5.91 Å². The van der Waals surface area contributed by atoms with E-state index < -0.39 is 11.2 Å². The summed E-state index contributed by atoms with van der Waals surface area (Å²) < 4.78 is 13.7. The molecule has 1 rings (SSSR count). The molecule has 4 heteroatoms. The maximum Gasteiger partial charge on any atom is 0.234 e. The van der Waals surface area contributed by atoms with Crippen molar-refractivity contribution in [2.75, 3.05) is 18.5 Å². The normalized spacial score (nSPS) is 11.4. The van der Waals surface area contributed by atoms with Crippen molar-refractivity contribution >= 4 is 11.6 Å². The highest BCUT2D eigenvalue weighted by Gasteiger charge is 2.36. The van der Waals surface area contributed by atoms with Gasteiger partial charge in [-0.05, 0) is 25.0 Å². The third-order valence-corrected chi connectivity index (χ3v) is 3.72. The van der Waals surface area contributed by atoms with E-state index in [-0.39, 0.29) is 12.5 Å². The van der Waals surface area contributed by atoms with Crippen LogP contribution in [0.3, 0.4) is 0 Å². The Morgan fingerprint density at radius 2 is 1.89 bits per heavy atom. The van der Waals surface area contributed by atoms with Crippen molar-refractivity contribution in [1.82, 2.24) is 0 Å². The van der Waals surface area contributed by atoms with Crippen molar-refractivity contribution in [2.45, 2.75) is 26.7 Å². The second-order valence-electron chi connectivity index (χ2n) is 4.51. The lowest BCUT2D eigenvalue weighted by atomic mass is 9.81. The molecule has 0 atom stereocenters. The summed E-state index contributed by atoms with van der Waals surface area (Å²) in [6, 6.07) is 6.26. The molecule has 1 amide bonds. The smallest absolute Gasteiger partial charge is 0.234 e. The number of amides is 1. The van der Waals surface area contributed by atoms with Gasteiger partial charge >= 0.3 is 0 Å². The molecule has 0 aliphatic rings. The lowest BCUT2D eigenvalue weighted by Gasteiger charge is -2.33. The molecular formula is C14H21FN2O. The number of carbonyl (C=O) groups is 1. The third-order valence-electron chi connectivity index (χ3n) is 3.72. The number of rotatable bonds is 5. The largest absolute Gasteiger partial charge is 0.329 e. The minimum atomic E-state index is -0.600. The van der Waals surface area contributed by atoms with Crippen LogP contribution in [0.1, 0.15) is 26.7 Å². The van der Waals surface area contributed by atoms with Gasteiger partial charge in [-0.1, -0.05) is 26.0 Å². The molecule has 0 aliphatic carbocycles. The van der Waals surface area contributed by atoms with Gasteiger partial charge < -0.3 is 10.6 Å². The SMILES string of the molecule is CCC(CC)(CN)C(=O)N(C)c1ccccc1F. The van der Waals surface area contributed by atoms with Crippen LogP contribution >= 0.6 is 0 Å². The number of nitrogens with zero attached hydrogens (tertiary/aromatic N) is 1. The van der Waals surface area contributed by atoms with Crippen molar-refractivity contribution in [1.29, 1.82) is 0 Å².